The molecule has 1 rings (SSSR count). The molecule has 0 radical (unpaired) electrons. The van der Waals surface area contributed by atoms with E-state index in [1.165, 1.54) is 38.5 Å². The molecule has 18 heavy (non-hydrogen) atoms. The van der Waals surface area contributed by atoms with Gasteiger partial charge in [0.2, 0.25) is 0 Å². The Kier molecular flexibility index (Phi) is 6.13. The normalized spacial score (nSPS) is 32.5. The molecule has 0 spiro atoms. The van der Waals surface area contributed by atoms with Crippen molar-refractivity contribution < 1.29 is 0 Å². The Morgan fingerprint density at radius 1 is 1.39 bits per heavy atom. The Hall–Kier alpha value is -0.0800. The van der Waals surface area contributed by atoms with E-state index in [2.05, 4.69) is 52.1 Å². The lowest BCUT2D eigenvalue weighted by molar-refractivity contribution is 0.0196. The zero-order valence-corrected chi connectivity index (χ0v) is 13.4. The van der Waals surface area contributed by atoms with Crippen LogP contribution in [-0.2, 0) is 0 Å². The maximum absolute atomic E-state index is 3.66. The van der Waals surface area contributed by atoms with Crippen molar-refractivity contribution in [2.45, 2.75) is 70.9 Å². The molecule has 0 heterocycles. The molecule has 4 atom stereocenters. The largest absolute Gasteiger partial charge is 0.315 e. The van der Waals surface area contributed by atoms with E-state index >= 15 is 0 Å². The van der Waals surface area contributed by atoms with Gasteiger partial charge in [0.05, 0.1) is 0 Å². The minimum Gasteiger partial charge on any atom is -0.315 e. The summed E-state index contributed by atoms with van der Waals surface area (Å²) in [5, 5.41) is 3.66. The molecular formula is C16H34N2. The van der Waals surface area contributed by atoms with E-state index in [-0.39, 0.29) is 0 Å². The Labute approximate surface area is 115 Å². The zero-order valence-electron chi connectivity index (χ0n) is 13.4. The first-order valence-corrected chi connectivity index (χ1v) is 7.82. The minimum atomic E-state index is 0.362. The van der Waals surface area contributed by atoms with Gasteiger partial charge in [0.1, 0.15) is 0 Å². The van der Waals surface area contributed by atoms with Crippen molar-refractivity contribution in [3.8, 4) is 0 Å². The zero-order chi connectivity index (χ0) is 13.8. The summed E-state index contributed by atoms with van der Waals surface area (Å²) in [4.78, 5) is 2.51. The highest BCUT2D eigenvalue weighted by atomic mass is 15.2. The fourth-order valence-electron chi connectivity index (χ4n) is 4.24. The predicted octanol–water partition coefficient (Wildman–Crippen LogP) is 3.52. The average molecular weight is 254 g/mol. The van der Waals surface area contributed by atoms with Gasteiger partial charge in [0.25, 0.3) is 0 Å². The molecule has 2 nitrogen and oxygen atoms in total. The van der Waals surface area contributed by atoms with Gasteiger partial charge in [-0.15, -0.1) is 0 Å². The molecule has 1 N–H and O–H groups in total. The van der Waals surface area contributed by atoms with Crippen LogP contribution in [-0.4, -0.2) is 37.6 Å². The van der Waals surface area contributed by atoms with Crippen LogP contribution < -0.4 is 5.32 Å². The average Bonchev–Trinajstić information content (AvgIpc) is 2.30. The van der Waals surface area contributed by atoms with Gasteiger partial charge in [0, 0.05) is 11.6 Å². The van der Waals surface area contributed by atoms with Crippen molar-refractivity contribution in [1.82, 2.24) is 10.2 Å². The van der Waals surface area contributed by atoms with Crippen LogP contribution in [0, 0.1) is 11.8 Å². The van der Waals surface area contributed by atoms with E-state index in [1.54, 1.807) is 0 Å². The molecule has 0 aromatic heterocycles. The van der Waals surface area contributed by atoms with Crippen LogP contribution in [0.5, 0.6) is 0 Å². The van der Waals surface area contributed by atoms with Crippen LogP contribution in [0.15, 0.2) is 0 Å². The van der Waals surface area contributed by atoms with Crippen molar-refractivity contribution in [3.05, 3.63) is 0 Å². The topological polar surface area (TPSA) is 15.3 Å². The van der Waals surface area contributed by atoms with Gasteiger partial charge in [0.15, 0.2) is 0 Å². The highest BCUT2D eigenvalue weighted by Gasteiger charge is 2.44. The van der Waals surface area contributed by atoms with Gasteiger partial charge in [-0.1, -0.05) is 40.0 Å². The third-order valence-corrected chi connectivity index (χ3v) is 5.10. The molecule has 0 aromatic carbocycles. The number of nitrogens with one attached hydrogen (secondary N) is 1. The molecule has 0 aliphatic heterocycles. The van der Waals surface area contributed by atoms with Crippen LogP contribution in [0.2, 0.25) is 0 Å². The van der Waals surface area contributed by atoms with Gasteiger partial charge in [-0.25, -0.2) is 0 Å². The molecule has 0 amide bonds. The van der Waals surface area contributed by atoms with Crippen LogP contribution in [0.4, 0.5) is 0 Å². The van der Waals surface area contributed by atoms with Gasteiger partial charge in [-0.3, -0.25) is 0 Å². The van der Waals surface area contributed by atoms with Crippen molar-refractivity contribution in [3.63, 3.8) is 0 Å². The molecule has 1 saturated carbocycles. The first-order chi connectivity index (χ1) is 8.47. The van der Waals surface area contributed by atoms with Crippen molar-refractivity contribution in [2.24, 2.45) is 11.8 Å². The number of hydrogen-bond donors (Lipinski definition) is 1. The monoisotopic (exact) mass is 254 g/mol. The highest BCUT2D eigenvalue weighted by molar-refractivity contribution is 5.03. The number of nitrogens with zero attached hydrogens (tertiary/aromatic N) is 1. The summed E-state index contributed by atoms with van der Waals surface area (Å²) in [5.41, 5.74) is 0.362. The van der Waals surface area contributed by atoms with Crippen molar-refractivity contribution in [2.75, 3.05) is 21.1 Å². The molecule has 0 bridgehead atoms. The molecule has 108 valence electrons. The summed E-state index contributed by atoms with van der Waals surface area (Å²) < 4.78 is 0. The van der Waals surface area contributed by atoms with Gasteiger partial charge >= 0.3 is 0 Å². The molecular weight excluding hydrogens is 220 g/mol. The lowest BCUT2D eigenvalue weighted by Gasteiger charge is -2.52. The third-order valence-electron chi connectivity index (χ3n) is 5.10. The fraction of sp³-hybridized carbons (Fsp3) is 1.00. The Bertz CT molecular complexity index is 239. The molecule has 4 unspecified atom stereocenters. The van der Waals surface area contributed by atoms with Crippen LogP contribution in [0.3, 0.4) is 0 Å². The lowest BCUT2D eigenvalue weighted by atomic mass is 9.68. The number of likely N-dealkylation sites (N-methyl/N-ethyl adjacent to an activating group) is 2. The van der Waals surface area contributed by atoms with Crippen LogP contribution in [0.25, 0.3) is 0 Å². The molecule has 1 aliphatic carbocycles. The standard InChI is InChI=1S/C16H34N2/c1-7-9-14(3)15(17-4)16(18(5)6)11-8-10-13(2)12-16/h13-15,17H,7-12H2,1-6H3. The molecule has 0 aromatic rings. The predicted molar refractivity (Wildman–Crippen MR) is 81.0 cm³/mol. The first kappa shape index (κ1) is 16.0. The summed E-state index contributed by atoms with van der Waals surface area (Å²) in [6.07, 6.45) is 8.11. The first-order valence-electron chi connectivity index (χ1n) is 7.82. The maximum atomic E-state index is 3.66. The van der Waals surface area contributed by atoms with Crippen molar-refractivity contribution in [1.29, 1.82) is 0 Å². The second-order valence-electron chi connectivity index (χ2n) is 6.73. The van der Waals surface area contributed by atoms with E-state index in [4.69, 9.17) is 0 Å². The van der Waals surface area contributed by atoms with Gasteiger partial charge < -0.3 is 10.2 Å². The Morgan fingerprint density at radius 2 is 2.06 bits per heavy atom. The maximum Gasteiger partial charge on any atom is 0.0361 e. The van der Waals surface area contributed by atoms with E-state index < -0.39 is 0 Å². The summed E-state index contributed by atoms with van der Waals surface area (Å²) in [7, 11) is 6.71. The van der Waals surface area contributed by atoms with Gasteiger partial charge in [-0.05, 0) is 52.2 Å². The van der Waals surface area contributed by atoms with Crippen LogP contribution in [0.1, 0.15) is 59.3 Å². The SMILES string of the molecule is CCCC(C)C(NC)C1(N(C)C)CCCC(C)C1. The smallest absolute Gasteiger partial charge is 0.0361 e. The van der Waals surface area contributed by atoms with E-state index in [1.807, 2.05) is 0 Å². The highest BCUT2D eigenvalue weighted by Crippen LogP contribution is 2.40. The summed E-state index contributed by atoms with van der Waals surface area (Å²) >= 11 is 0. The van der Waals surface area contributed by atoms with E-state index in [0.717, 1.165) is 11.8 Å². The second-order valence-corrected chi connectivity index (χ2v) is 6.73. The summed E-state index contributed by atoms with van der Waals surface area (Å²) in [5.74, 6) is 1.62. The number of rotatable bonds is 6. The molecule has 1 aliphatic rings. The summed E-state index contributed by atoms with van der Waals surface area (Å²) in [6.45, 7) is 7.15. The third kappa shape index (κ3) is 3.27. The van der Waals surface area contributed by atoms with Gasteiger partial charge in [-0.2, -0.15) is 0 Å². The number of hydrogen-bond acceptors (Lipinski definition) is 2. The second kappa shape index (κ2) is 6.91. The van der Waals surface area contributed by atoms with E-state index in [0.29, 0.717) is 11.6 Å². The van der Waals surface area contributed by atoms with Crippen molar-refractivity contribution >= 4 is 0 Å². The van der Waals surface area contributed by atoms with Crippen LogP contribution >= 0.6 is 0 Å². The Balaban J connectivity index is 2.93. The lowest BCUT2D eigenvalue weighted by Crippen LogP contribution is -2.62. The summed E-state index contributed by atoms with van der Waals surface area (Å²) in [6, 6.07) is 0.621. The fourth-order valence-corrected chi connectivity index (χ4v) is 4.24. The van der Waals surface area contributed by atoms with E-state index in [9.17, 15) is 0 Å². The minimum absolute atomic E-state index is 0.362. The molecule has 1 fully saturated rings. The molecule has 2 heteroatoms. The molecule has 0 saturated heterocycles. The Morgan fingerprint density at radius 3 is 2.50 bits per heavy atom. The quantitative estimate of drug-likeness (QED) is 0.780.